The van der Waals surface area contributed by atoms with Crippen LogP contribution in [-0.2, 0) is 14.0 Å². The van der Waals surface area contributed by atoms with Crippen LogP contribution in [0.1, 0.15) is 52.9 Å². The van der Waals surface area contributed by atoms with E-state index >= 15 is 0 Å². The molecule has 0 amide bonds. The summed E-state index contributed by atoms with van der Waals surface area (Å²) in [5.74, 6) is 0.340. The Kier molecular flexibility index (Phi) is 7.95. The van der Waals surface area contributed by atoms with E-state index in [-0.39, 0.29) is 16.3 Å². The Morgan fingerprint density at radius 2 is 2.07 bits per heavy atom. The molecular weight excluding hydrogens is 374 g/mol. The van der Waals surface area contributed by atoms with Gasteiger partial charge in [-0.15, -0.1) is 0 Å². The first-order valence-corrected chi connectivity index (χ1v) is 13.7. The van der Waals surface area contributed by atoms with Gasteiger partial charge in [-0.2, -0.15) is 0 Å². The molecule has 4 nitrogen and oxygen atoms in total. The van der Waals surface area contributed by atoms with Crippen LogP contribution in [0.15, 0.2) is 29.4 Å². The van der Waals surface area contributed by atoms with E-state index in [1.165, 1.54) is 25.3 Å². The molecule has 0 saturated heterocycles. The van der Waals surface area contributed by atoms with Crippen LogP contribution >= 0.6 is 11.8 Å². The molecule has 1 heterocycles. The molecule has 27 heavy (non-hydrogen) atoms. The first-order chi connectivity index (χ1) is 12.6. The molecule has 1 aromatic heterocycles. The van der Waals surface area contributed by atoms with Gasteiger partial charge in [-0.1, -0.05) is 51.4 Å². The maximum atomic E-state index is 12.3. The Hall–Kier alpha value is -0.853. The number of pyridine rings is 1. The summed E-state index contributed by atoms with van der Waals surface area (Å²) in [5, 5.41) is 0.892. The minimum Gasteiger partial charge on any atom is -0.468 e. The minimum atomic E-state index is -1.76. The van der Waals surface area contributed by atoms with Crippen LogP contribution in [0.5, 0.6) is 0 Å². The summed E-state index contributed by atoms with van der Waals surface area (Å²) in [6.07, 6.45) is 7.43. The van der Waals surface area contributed by atoms with Crippen molar-refractivity contribution in [2.75, 3.05) is 7.11 Å². The molecule has 0 spiro atoms. The van der Waals surface area contributed by atoms with Gasteiger partial charge in [0.05, 0.1) is 12.1 Å². The number of hydrogen-bond acceptors (Lipinski definition) is 5. The molecule has 2 rings (SSSR count). The first-order valence-electron chi connectivity index (χ1n) is 9.95. The van der Waals surface area contributed by atoms with E-state index in [0.717, 1.165) is 30.7 Å². The van der Waals surface area contributed by atoms with Gasteiger partial charge in [0.25, 0.3) is 0 Å². The van der Waals surface area contributed by atoms with Crippen molar-refractivity contribution in [1.82, 2.24) is 4.98 Å². The smallest absolute Gasteiger partial charge is 0.319 e. The summed E-state index contributed by atoms with van der Waals surface area (Å²) >= 11 is 1.52. The van der Waals surface area contributed by atoms with Gasteiger partial charge in [0.15, 0.2) is 8.32 Å². The van der Waals surface area contributed by atoms with Gasteiger partial charge in [0.2, 0.25) is 0 Å². The van der Waals surface area contributed by atoms with Crippen molar-refractivity contribution in [1.29, 1.82) is 0 Å². The molecule has 1 fully saturated rings. The quantitative estimate of drug-likeness (QED) is 0.329. The number of nitrogens with zero attached hydrogens (tertiary/aromatic N) is 1. The lowest BCUT2D eigenvalue weighted by Gasteiger charge is -2.41. The predicted molar refractivity (Wildman–Crippen MR) is 115 cm³/mol. The topological polar surface area (TPSA) is 48.4 Å². The Morgan fingerprint density at radius 3 is 2.67 bits per heavy atom. The molecule has 3 atom stereocenters. The van der Waals surface area contributed by atoms with E-state index < -0.39 is 8.32 Å². The van der Waals surface area contributed by atoms with Gasteiger partial charge in [0, 0.05) is 12.3 Å². The number of thioether (sulfide) groups is 1. The third-order valence-electron chi connectivity index (χ3n) is 5.91. The fourth-order valence-electron chi connectivity index (χ4n) is 3.35. The van der Waals surface area contributed by atoms with Gasteiger partial charge >= 0.3 is 5.97 Å². The van der Waals surface area contributed by atoms with Gasteiger partial charge in [-0.25, -0.2) is 4.98 Å². The molecule has 1 aliphatic carbocycles. The number of aromatic nitrogens is 1. The lowest BCUT2D eigenvalue weighted by atomic mass is 9.84. The Balaban J connectivity index is 1.99. The summed E-state index contributed by atoms with van der Waals surface area (Å²) < 4.78 is 11.7. The number of carbonyl (C=O) groups excluding carboxylic acids is 1. The maximum absolute atomic E-state index is 12.3. The van der Waals surface area contributed by atoms with E-state index in [0.29, 0.717) is 12.0 Å². The van der Waals surface area contributed by atoms with Gasteiger partial charge < -0.3 is 9.16 Å². The third kappa shape index (κ3) is 6.61. The second-order valence-corrected chi connectivity index (χ2v) is 15.0. The van der Waals surface area contributed by atoms with E-state index in [2.05, 4.69) is 38.8 Å². The molecule has 6 heteroatoms. The molecule has 0 radical (unpaired) electrons. The molecular formula is C21H35NO3SSi. The van der Waals surface area contributed by atoms with Gasteiger partial charge in [-0.05, 0) is 55.4 Å². The summed E-state index contributed by atoms with van der Waals surface area (Å²) in [6.45, 7) is 11.5. The number of ether oxygens (including phenoxy) is 1. The molecule has 0 bridgehead atoms. The van der Waals surface area contributed by atoms with Crippen LogP contribution in [0.25, 0.3) is 0 Å². The monoisotopic (exact) mass is 409 g/mol. The van der Waals surface area contributed by atoms with Gasteiger partial charge in [0.1, 0.15) is 5.25 Å². The van der Waals surface area contributed by atoms with Crippen molar-refractivity contribution >= 4 is 26.0 Å². The van der Waals surface area contributed by atoms with E-state index in [4.69, 9.17) is 9.16 Å². The number of rotatable bonds is 7. The summed E-state index contributed by atoms with van der Waals surface area (Å²) in [6, 6.07) is 5.79. The minimum absolute atomic E-state index is 0.155. The Morgan fingerprint density at radius 1 is 1.33 bits per heavy atom. The maximum Gasteiger partial charge on any atom is 0.319 e. The molecule has 1 saturated carbocycles. The van der Waals surface area contributed by atoms with Crippen molar-refractivity contribution in [3.8, 4) is 0 Å². The number of methoxy groups -OCH3 is 1. The molecule has 0 N–H and O–H groups in total. The first kappa shape index (κ1) is 22.4. The summed E-state index contributed by atoms with van der Waals surface area (Å²) in [5.41, 5.74) is 0. The van der Waals surface area contributed by atoms with Crippen LogP contribution in [0.3, 0.4) is 0 Å². The molecule has 1 aliphatic rings. The summed E-state index contributed by atoms with van der Waals surface area (Å²) in [4.78, 5) is 16.7. The second kappa shape index (κ2) is 9.57. The zero-order valence-electron chi connectivity index (χ0n) is 17.7. The van der Waals surface area contributed by atoms with E-state index in [1.54, 1.807) is 6.20 Å². The Labute approximate surface area is 170 Å². The zero-order valence-corrected chi connectivity index (χ0v) is 19.5. The predicted octanol–water partition coefficient (Wildman–Crippen LogP) is 5.69. The number of esters is 1. The van der Waals surface area contributed by atoms with Gasteiger partial charge in [-0.3, -0.25) is 4.79 Å². The average molecular weight is 410 g/mol. The van der Waals surface area contributed by atoms with Crippen molar-refractivity contribution in [3.05, 3.63) is 24.4 Å². The van der Waals surface area contributed by atoms with Crippen molar-refractivity contribution in [2.45, 2.75) is 87.4 Å². The van der Waals surface area contributed by atoms with Crippen molar-refractivity contribution in [3.63, 3.8) is 0 Å². The highest BCUT2D eigenvalue weighted by Gasteiger charge is 2.40. The van der Waals surface area contributed by atoms with E-state index in [9.17, 15) is 4.79 Å². The highest BCUT2D eigenvalue weighted by Crippen LogP contribution is 2.41. The second-order valence-electron chi connectivity index (χ2n) is 9.07. The van der Waals surface area contributed by atoms with Crippen molar-refractivity contribution in [2.24, 2.45) is 5.92 Å². The fourth-order valence-corrected chi connectivity index (χ4v) is 5.88. The molecule has 0 aliphatic heterocycles. The van der Waals surface area contributed by atoms with Crippen LogP contribution in [-0.4, -0.2) is 37.7 Å². The molecule has 3 unspecified atom stereocenters. The van der Waals surface area contributed by atoms with Crippen LogP contribution < -0.4 is 0 Å². The molecule has 0 aromatic carbocycles. The van der Waals surface area contributed by atoms with Crippen LogP contribution in [0, 0.1) is 5.92 Å². The zero-order chi connectivity index (χ0) is 20.1. The third-order valence-corrected chi connectivity index (χ3v) is 11.6. The highest BCUT2D eigenvalue weighted by atomic mass is 32.2. The van der Waals surface area contributed by atoms with Crippen LogP contribution in [0.4, 0.5) is 0 Å². The summed E-state index contributed by atoms with van der Waals surface area (Å²) in [7, 11) is -0.288. The largest absolute Gasteiger partial charge is 0.468 e. The van der Waals surface area contributed by atoms with E-state index in [1.807, 2.05) is 18.2 Å². The molecule has 152 valence electrons. The number of hydrogen-bond donors (Lipinski definition) is 0. The van der Waals surface area contributed by atoms with Crippen molar-refractivity contribution < 1.29 is 14.0 Å². The average Bonchev–Trinajstić information content (AvgIpc) is 2.60. The fraction of sp³-hybridized carbons (Fsp3) is 0.714. The Bertz CT molecular complexity index is 603. The SMILES string of the molecule is COC(=O)C(CC1CCCC(O[Si](C)(C)C(C)(C)C)C1)Sc1ccccn1. The lowest BCUT2D eigenvalue weighted by Crippen LogP contribution is -2.45. The highest BCUT2D eigenvalue weighted by molar-refractivity contribution is 8.00. The lowest BCUT2D eigenvalue weighted by molar-refractivity contribution is -0.140. The number of carbonyl (C=O) groups is 1. The van der Waals surface area contributed by atoms with Crippen LogP contribution in [0.2, 0.25) is 18.1 Å². The molecule has 1 aromatic rings. The normalized spacial score (nSPS) is 22.3. The standard InChI is InChI=1S/C21H35NO3SSi/c1-21(2,3)27(5,6)25-17-11-9-10-16(14-17)15-18(20(23)24-4)26-19-12-7-8-13-22-19/h7-8,12-13,16-18H,9-11,14-15H2,1-6H3.